The van der Waals surface area contributed by atoms with Crippen LogP contribution in [-0.2, 0) is 14.8 Å². The Kier molecular flexibility index (Phi) is 4.47. The van der Waals surface area contributed by atoms with Gasteiger partial charge in [0.25, 0.3) is 0 Å². The molecule has 0 spiro atoms. The second-order valence-electron chi connectivity index (χ2n) is 7.44. The first-order chi connectivity index (χ1) is 14.0. The molecule has 0 aliphatic carbocycles. The van der Waals surface area contributed by atoms with E-state index < -0.39 is 10.0 Å². The number of ether oxygens (including phenoxy) is 2. The van der Waals surface area contributed by atoms with Crippen LogP contribution in [0.3, 0.4) is 0 Å². The van der Waals surface area contributed by atoms with Gasteiger partial charge in [0.15, 0.2) is 11.5 Å². The fourth-order valence-electron chi connectivity index (χ4n) is 4.07. The van der Waals surface area contributed by atoms with Crippen molar-refractivity contribution in [2.45, 2.75) is 30.2 Å². The van der Waals surface area contributed by atoms with E-state index in [-0.39, 0.29) is 16.8 Å². The fourth-order valence-corrected chi connectivity index (χ4v) is 5.57. The molecule has 1 aromatic heterocycles. The summed E-state index contributed by atoms with van der Waals surface area (Å²) in [5, 5.41) is 4.39. The van der Waals surface area contributed by atoms with E-state index in [1.165, 1.54) is 10.4 Å². The molecule has 5 rings (SSSR count). The van der Waals surface area contributed by atoms with Crippen LogP contribution in [0.2, 0.25) is 0 Å². The third kappa shape index (κ3) is 3.25. The minimum Gasteiger partial charge on any atom is -0.486 e. The minimum atomic E-state index is -3.64. The summed E-state index contributed by atoms with van der Waals surface area (Å²) in [4.78, 5) is 13.9. The Morgan fingerprint density at radius 1 is 1.10 bits per heavy atom. The molecule has 2 saturated heterocycles. The second-order valence-corrected chi connectivity index (χ2v) is 9.38. The maximum atomic E-state index is 13.1. The average molecular weight is 418 g/mol. The molecule has 1 unspecified atom stereocenters. The molecule has 29 heavy (non-hydrogen) atoms. The minimum absolute atomic E-state index is 0.0616. The monoisotopic (exact) mass is 418 g/mol. The second kappa shape index (κ2) is 7.03. The number of carbonyl (C=O) groups excluding carboxylic acids is 1. The highest BCUT2D eigenvalue weighted by Crippen LogP contribution is 2.35. The van der Waals surface area contributed by atoms with Crippen molar-refractivity contribution in [3.63, 3.8) is 0 Å². The molecule has 0 bridgehead atoms. The lowest BCUT2D eigenvalue weighted by Gasteiger charge is -2.21. The van der Waals surface area contributed by atoms with Gasteiger partial charge in [-0.05, 0) is 25.0 Å². The molecule has 0 N–H and O–H groups in total. The quantitative estimate of drug-likeness (QED) is 0.745. The highest BCUT2D eigenvalue weighted by molar-refractivity contribution is 7.89. The van der Waals surface area contributed by atoms with Gasteiger partial charge in [-0.3, -0.25) is 9.48 Å². The summed E-state index contributed by atoms with van der Waals surface area (Å²) in [5.41, 5.74) is 0.778. The van der Waals surface area contributed by atoms with E-state index >= 15 is 0 Å². The lowest BCUT2D eigenvalue weighted by Crippen LogP contribution is -2.29. The molecular weight excluding hydrogens is 396 g/mol. The van der Waals surface area contributed by atoms with Gasteiger partial charge in [0.05, 0.1) is 22.8 Å². The summed E-state index contributed by atoms with van der Waals surface area (Å²) in [6.07, 6.45) is 5.61. The van der Waals surface area contributed by atoms with Gasteiger partial charge in [-0.15, -0.1) is 0 Å². The van der Waals surface area contributed by atoms with E-state index in [2.05, 4.69) is 5.10 Å². The van der Waals surface area contributed by atoms with Crippen molar-refractivity contribution in [1.82, 2.24) is 14.1 Å². The maximum absolute atomic E-state index is 13.1. The van der Waals surface area contributed by atoms with Gasteiger partial charge in [0, 0.05) is 38.3 Å². The number of carbonyl (C=O) groups is 1. The van der Waals surface area contributed by atoms with Crippen LogP contribution in [0.4, 0.5) is 5.69 Å². The first-order valence-corrected chi connectivity index (χ1v) is 11.2. The van der Waals surface area contributed by atoms with Gasteiger partial charge in [-0.25, -0.2) is 8.42 Å². The Balaban J connectivity index is 1.32. The summed E-state index contributed by atoms with van der Waals surface area (Å²) < 4.78 is 40.4. The van der Waals surface area contributed by atoms with E-state index in [1.807, 2.05) is 6.20 Å². The van der Waals surface area contributed by atoms with Crippen LogP contribution >= 0.6 is 0 Å². The normalized spacial score (nSPS) is 22.4. The van der Waals surface area contributed by atoms with Gasteiger partial charge in [0.1, 0.15) is 13.2 Å². The molecule has 3 aliphatic rings. The predicted octanol–water partition coefficient (Wildman–Crippen LogP) is 1.42. The standard InChI is InChI=1S/C19H22N4O5S/c24-19-2-1-6-22(19)15-11-20-23(13-15)14-5-7-21(12-14)29(25,26)16-3-4-17-18(10-16)28-9-8-27-17/h3-4,10-11,13-14H,1-2,5-9,12H2. The SMILES string of the molecule is O=C1CCCN1c1cnn(C2CCN(S(=O)(=O)c3ccc4c(c3)OCCO4)C2)c1. The Morgan fingerprint density at radius 2 is 1.93 bits per heavy atom. The van der Waals surface area contributed by atoms with Crippen molar-refractivity contribution < 1.29 is 22.7 Å². The third-order valence-electron chi connectivity index (χ3n) is 5.62. The smallest absolute Gasteiger partial charge is 0.243 e. The van der Waals surface area contributed by atoms with E-state index in [9.17, 15) is 13.2 Å². The first-order valence-electron chi connectivity index (χ1n) is 9.77. The summed E-state index contributed by atoms with van der Waals surface area (Å²) >= 11 is 0. The zero-order chi connectivity index (χ0) is 20.0. The molecular formula is C19H22N4O5S. The molecule has 1 amide bonds. The Labute approximate surface area is 168 Å². The number of aromatic nitrogens is 2. The number of rotatable bonds is 4. The molecule has 4 heterocycles. The Morgan fingerprint density at radius 3 is 2.72 bits per heavy atom. The number of hydrogen-bond donors (Lipinski definition) is 0. The van der Waals surface area contributed by atoms with Gasteiger partial charge in [-0.2, -0.15) is 9.40 Å². The predicted molar refractivity (Wildman–Crippen MR) is 104 cm³/mol. The molecule has 0 saturated carbocycles. The number of benzene rings is 1. The van der Waals surface area contributed by atoms with Gasteiger partial charge in [0.2, 0.25) is 15.9 Å². The number of hydrogen-bond acceptors (Lipinski definition) is 6. The van der Waals surface area contributed by atoms with Crippen LogP contribution < -0.4 is 14.4 Å². The molecule has 3 aliphatic heterocycles. The summed E-state index contributed by atoms with van der Waals surface area (Å²) in [6.45, 7) is 2.33. The molecule has 2 aromatic rings. The van der Waals surface area contributed by atoms with E-state index in [1.54, 1.807) is 27.9 Å². The number of amides is 1. The zero-order valence-electron chi connectivity index (χ0n) is 15.9. The lowest BCUT2D eigenvalue weighted by atomic mass is 10.3. The fraction of sp³-hybridized carbons (Fsp3) is 0.474. The Hall–Kier alpha value is -2.59. The largest absolute Gasteiger partial charge is 0.486 e. The number of sulfonamides is 1. The maximum Gasteiger partial charge on any atom is 0.243 e. The molecule has 1 atom stereocenters. The van der Waals surface area contributed by atoms with Crippen molar-refractivity contribution in [3.8, 4) is 11.5 Å². The van der Waals surface area contributed by atoms with Crippen LogP contribution in [0.25, 0.3) is 0 Å². The van der Waals surface area contributed by atoms with E-state index in [4.69, 9.17) is 9.47 Å². The topological polar surface area (TPSA) is 94.0 Å². The van der Waals surface area contributed by atoms with Crippen molar-refractivity contribution >= 4 is 21.6 Å². The van der Waals surface area contributed by atoms with Crippen LogP contribution in [0.5, 0.6) is 11.5 Å². The highest BCUT2D eigenvalue weighted by Gasteiger charge is 2.35. The van der Waals surface area contributed by atoms with Crippen LogP contribution in [0.15, 0.2) is 35.5 Å². The van der Waals surface area contributed by atoms with Gasteiger partial charge >= 0.3 is 0 Å². The van der Waals surface area contributed by atoms with E-state index in [0.29, 0.717) is 57.2 Å². The van der Waals surface area contributed by atoms with Crippen molar-refractivity contribution in [2.75, 3.05) is 37.7 Å². The van der Waals surface area contributed by atoms with Crippen LogP contribution in [0, 0.1) is 0 Å². The first kappa shape index (κ1) is 18.4. The number of nitrogens with zero attached hydrogens (tertiary/aromatic N) is 4. The van der Waals surface area contributed by atoms with E-state index in [0.717, 1.165) is 12.1 Å². The zero-order valence-corrected chi connectivity index (χ0v) is 16.7. The molecule has 9 nitrogen and oxygen atoms in total. The molecule has 10 heteroatoms. The van der Waals surface area contributed by atoms with Crippen LogP contribution in [-0.4, -0.2) is 61.3 Å². The third-order valence-corrected chi connectivity index (χ3v) is 7.49. The highest BCUT2D eigenvalue weighted by atomic mass is 32.2. The molecule has 154 valence electrons. The van der Waals surface area contributed by atoms with Crippen molar-refractivity contribution in [2.24, 2.45) is 0 Å². The molecule has 1 aromatic carbocycles. The van der Waals surface area contributed by atoms with Gasteiger partial charge in [-0.1, -0.05) is 0 Å². The summed E-state index contributed by atoms with van der Waals surface area (Å²) in [7, 11) is -3.64. The molecule has 0 radical (unpaired) electrons. The lowest BCUT2D eigenvalue weighted by molar-refractivity contribution is -0.117. The van der Waals surface area contributed by atoms with Crippen molar-refractivity contribution in [1.29, 1.82) is 0 Å². The number of fused-ring (bicyclic) bond motifs is 1. The number of anilines is 1. The van der Waals surface area contributed by atoms with Crippen LogP contribution in [0.1, 0.15) is 25.3 Å². The van der Waals surface area contributed by atoms with Crippen molar-refractivity contribution in [3.05, 3.63) is 30.6 Å². The summed E-state index contributed by atoms with van der Waals surface area (Å²) in [5.74, 6) is 1.13. The Bertz CT molecular complexity index is 1050. The van der Waals surface area contributed by atoms with Gasteiger partial charge < -0.3 is 14.4 Å². The average Bonchev–Trinajstić information content (AvgIpc) is 3.47. The summed E-state index contributed by atoms with van der Waals surface area (Å²) in [6, 6.07) is 4.67. The molecule has 2 fully saturated rings.